The van der Waals surface area contributed by atoms with E-state index in [1.807, 2.05) is 26.0 Å². The third-order valence-corrected chi connectivity index (χ3v) is 4.17. The van der Waals surface area contributed by atoms with E-state index in [-0.39, 0.29) is 35.9 Å². The molecule has 23 heavy (non-hydrogen) atoms. The molecule has 2 aromatic rings. The van der Waals surface area contributed by atoms with Gasteiger partial charge in [-0.2, -0.15) is 18.6 Å². The van der Waals surface area contributed by atoms with Crippen LogP contribution >= 0.6 is 0 Å². The summed E-state index contributed by atoms with van der Waals surface area (Å²) >= 11 is 0. The fraction of sp³-hybridized carbons (Fsp3) is 0.200. The van der Waals surface area contributed by atoms with Gasteiger partial charge in [-0.25, -0.2) is 0 Å². The van der Waals surface area contributed by atoms with E-state index >= 15 is 0 Å². The Kier molecular flexibility index (Phi) is 6.49. The van der Waals surface area contributed by atoms with Crippen LogP contribution in [0.25, 0.3) is 0 Å². The predicted molar refractivity (Wildman–Crippen MR) is 86.6 cm³/mol. The zero-order valence-corrected chi connectivity index (χ0v) is 16.3. The van der Waals surface area contributed by atoms with E-state index in [0.29, 0.717) is 22.6 Å². The summed E-state index contributed by atoms with van der Waals surface area (Å²) in [5.74, 6) is 0. The third kappa shape index (κ3) is 4.86. The molecule has 0 saturated carbocycles. The maximum Gasteiger partial charge on any atom is 1.00 e. The van der Waals surface area contributed by atoms with Crippen molar-refractivity contribution in [1.82, 2.24) is 0 Å². The molecule has 0 bridgehead atoms. The van der Waals surface area contributed by atoms with E-state index in [1.165, 1.54) is 18.2 Å². The van der Waals surface area contributed by atoms with E-state index in [0.717, 1.165) is 11.1 Å². The van der Waals surface area contributed by atoms with Gasteiger partial charge in [0.15, 0.2) is 0 Å². The number of benzene rings is 2. The molecule has 0 aliphatic rings. The average molecular weight is 343 g/mol. The van der Waals surface area contributed by atoms with Gasteiger partial charge in [0.2, 0.25) is 0 Å². The zero-order valence-electron chi connectivity index (χ0n) is 14.5. The molecular formula is C15H18N3NaO3S. The zero-order chi connectivity index (χ0) is 16.5. The molecular weight excluding hydrogens is 325 g/mol. The number of nitrogens with zero attached hydrogens (tertiary/aromatic N) is 2. The summed E-state index contributed by atoms with van der Waals surface area (Å²) < 4.78 is 31.2. The molecule has 0 spiro atoms. The van der Waals surface area contributed by atoms with Crippen LogP contribution in [-0.4, -0.2) is 13.0 Å². The Balaban J connectivity index is 0.00000264. The number of nitrogens with two attached hydrogens (primary N) is 1. The van der Waals surface area contributed by atoms with Crippen LogP contribution in [0.15, 0.2) is 45.5 Å². The van der Waals surface area contributed by atoms with Crippen molar-refractivity contribution in [1.29, 1.82) is 0 Å². The first-order chi connectivity index (χ1) is 10.2. The topological polar surface area (TPSA) is 105 Å². The Morgan fingerprint density at radius 2 is 1.52 bits per heavy atom. The monoisotopic (exact) mass is 343 g/mol. The second kappa shape index (κ2) is 7.55. The number of anilines is 1. The standard InChI is InChI=1S/C15H17N3O3S.Na.H/c1-9-8-15(11(3)7-13(9)16)18-17-14-5-4-12(6-10(14)2)22(19,20)21;;/h4-8H,16H2,1-3H3,(H,19,20,21);;/q;+1;-1. The van der Waals surface area contributed by atoms with Crippen molar-refractivity contribution in [3.8, 4) is 0 Å². The minimum atomic E-state index is -4.21. The molecule has 6 nitrogen and oxygen atoms in total. The van der Waals surface area contributed by atoms with Crippen LogP contribution in [0.2, 0.25) is 0 Å². The summed E-state index contributed by atoms with van der Waals surface area (Å²) in [5.41, 5.74) is 10.2. The van der Waals surface area contributed by atoms with Crippen molar-refractivity contribution < 1.29 is 44.0 Å². The summed E-state index contributed by atoms with van der Waals surface area (Å²) in [6.07, 6.45) is 0. The first kappa shape index (κ1) is 19.8. The van der Waals surface area contributed by atoms with Gasteiger partial charge >= 0.3 is 29.6 Å². The van der Waals surface area contributed by atoms with Gasteiger partial charge in [0, 0.05) is 5.69 Å². The van der Waals surface area contributed by atoms with Crippen LogP contribution in [0.1, 0.15) is 18.1 Å². The largest absolute Gasteiger partial charge is 1.00 e. The van der Waals surface area contributed by atoms with Crippen LogP contribution in [0.4, 0.5) is 17.1 Å². The number of aryl methyl sites for hydroxylation is 3. The van der Waals surface area contributed by atoms with Crippen LogP contribution < -0.4 is 35.3 Å². The molecule has 8 heteroatoms. The Hall–Kier alpha value is -1.25. The molecule has 3 N–H and O–H groups in total. The summed E-state index contributed by atoms with van der Waals surface area (Å²) in [6, 6.07) is 7.82. The molecule has 0 heterocycles. The van der Waals surface area contributed by atoms with Gasteiger partial charge in [-0.15, -0.1) is 0 Å². The second-order valence-corrected chi connectivity index (χ2v) is 6.54. The molecule has 118 valence electrons. The van der Waals surface area contributed by atoms with Crippen LogP contribution in [0.3, 0.4) is 0 Å². The number of hydrogen-bond donors (Lipinski definition) is 2. The quantitative estimate of drug-likeness (QED) is 0.375. The smallest absolute Gasteiger partial charge is 1.00 e. The summed E-state index contributed by atoms with van der Waals surface area (Å²) in [7, 11) is -4.21. The molecule has 0 unspecified atom stereocenters. The number of hydrogen-bond acceptors (Lipinski definition) is 5. The fourth-order valence-corrected chi connectivity index (χ4v) is 2.51. The minimum Gasteiger partial charge on any atom is -1.00 e. The van der Waals surface area contributed by atoms with E-state index in [1.54, 1.807) is 6.92 Å². The minimum absolute atomic E-state index is 0. The van der Waals surface area contributed by atoms with Gasteiger partial charge < -0.3 is 7.16 Å². The molecule has 2 aromatic carbocycles. The molecule has 0 amide bonds. The summed E-state index contributed by atoms with van der Waals surface area (Å²) in [5, 5.41) is 8.33. The van der Waals surface area contributed by atoms with Gasteiger partial charge in [0.05, 0.1) is 16.3 Å². The van der Waals surface area contributed by atoms with Crippen molar-refractivity contribution in [3.05, 3.63) is 47.0 Å². The van der Waals surface area contributed by atoms with Crippen molar-refractivity contribution >= 4 is 27.2 Å². The van der Waals surface area contributed by atoms with E-state index in [4.69, 9.17) is 10.3 Å². The Bertz CT molecular complexity index is 871. The Morgan fingerprint density at radius 1 is 0.957 bits per heavy atom. The maximum atomic E-state index is 11.1. The van der Waals surface area contributed by atoms with Crippen LogP contribution in [-0.2, 0) is 10.1 Å². The third-order valence-electron chi connectivity index (χ3n) is 3.32. The van der Waals surface area contributed by atoms with Gasteiger partial charge in [-0.05, 0) is 67.8 Å². The van der Waals surface area contributed by atoms with Crippen LogP contribution in [0.5, 0.6) is 0 Å². The van der Waals surface area contributed by atoms with Gasteiger partial charge in [0.25, 0.3) is 10.1 Å². The molecule has 0 aliphatic heterocycles. The van der Waals surface area contributed by atoms with Crippen molar-refractivity contribution in [2.75, 3.05) is 5.73 Å². The van der Waals surface area contributed by atoms with Gasteiger partial charge in [-0.3, -0.25) is 4.55 Å². The maximum absolute atomic E-state index is 11.1. The van der Waals surface area contributed by atoms with Crippen molar-refractivity contribution in [2.45, 2.75) is 25.7 Å². The predicted octanol–water partition coefficient (Wildman–Crippen LogP) is 0.973. The molecule has 0 saturated heterocycles. The first-order valence-corrected chi connectivity index (χ1v) is 7.99. The molecule has 0 radical (unpaired) electrons. The van der Waals surface area contributed by atoms with Crippen LogP contribution in [0, 0.1) is 20.8 Å². The molecule has 0 atom stereocenters. The second-order valence-electron chi connectivity index (χ2n) is 5.12. The number of azo groups is 1. The van der Waals surface area contributed by atoms with Crippen molar-refractivity contribution in [3.63, 3.8) is 0 Å². The summed E-state index contributed by atoms with van der Waals surface area (Å²) in [4.78, 5) is -0.163. The SMILES string of the molecule is Cc1cc(N=Nc2ccc(S(=O)(=O)O)cc2C)c(C)cc1N.[H-].[Na+]. The van der Waals surface area contributed by atoms with Crippen molar-refractivity contribution in [2.24, 2.45) is 10.2 Å². The molecule has 2 rings (SSSR count). The van der Waals surface area contributed by atoms with E-state index in [2.05, 4.69) is 10.2 Å². The van der Waals surface area contributed by atoms with Gasteiger partial charge in [-0.1, -0.05) is 0 Å². The molecule has 0 aromatic heterocycles. The van der Waals surface area contributed by atoms with E-state index in [9.17, 15) is 8.42 Å². The van der Waals surface area contributed by atoms with Gasteiger partial charge in [0.1, 0.15) is 0 Å². The number of nitrogen functional groups attached to an aromatic ring is 1. The normalized spacial score (nSPS) is 11.5. The average Bonchev–Trinajstić information content (AvgIpc) is 2.41. The number of rotatable bonds is 3. The molecule has 0 aliphatic carbocycles. The Labute approximate surface area is 159 Å². The Morgan fingerprint density at radius 3 is 2.09 bits per heavy atom. The summed E-state index contributed by atoms with van der Waals surface area (Å²) in [6.45, 7) is 5.47. The molecule has 0 fully saturated rings. The first-order valence-electron chi connectivity index (χ1n) is 6.55. The fourth-order valence-electron chi connectivity index (χ4n) is 1.94. The van der Waals surface area contributed by atoms with E-state index < -0.39 is 10.1 Å².